The highest BCUT2D eigenvalue weighted by atomic mass is 14.7. The molecule has 106 valence electrons. The van der Waals surface area contributed by atoms with Crippen molar-refractivity contribution in [1.29, 1.82) is 0 Å². The molecular formula is C18H29N. The van der Waals surface area contributed by atoms with Crippen molar-refractivity contribution in [3.05, 3.63) is 35.4 Å². The van der Waals surface area contributed by atoms with Crippen LogP contribution in [0.5, 0.6) is 0 Å². The molecule has 1 nitrogen and oxygen atoms in total. The summed E-state index contributed by atoms with van der Waals surface area (Å²) < 4.78 is 0. The third-order valence-electron chi connectivity index (χ3n) is 4.35. The lowest BCUT2D eigenvalue weighted by Gasteiger charge is -2.36. The number of hydrogen-bond donors (Lipinski definition) is 1. The fourth-order valence-electron chi connectivity index (χ4n) is 3.55. The van der Waals surface area contributed by atoms with Crippen LogP contribution < -0.4 is 5.73 Å². The largest absolute Gasteiger partial charge is 0.325 e. The summed E-state index contributed by atoms with van der Waals surface area (Å²) in [7, 11) is 0. The Morgan fingerprint density at radius 1 is 1.26 bits per heavy atom. The van der Waals surface area contributed by atoms with Crippen LogP contribution >= 0.6 is 0 Å². The highest BCUT2D eigenvalue weighted by Crippen LogP contribution is 2.44. The summed E-state index contributed by atoms with van der Waals surface area (Å²) in [6.45, 7) is 9.06. The summed E-state index contributed by atoms with van der Waals surface area (Å²) in [5.41, 5.74) is 9.59. The van der Waals surface area contributed by atoms with Gasteiger partial charge in [0.25, 0.3) is 0 Å². The van der Waals surface area contributed by atoms with Crippen molar-refractivity contribution in [2.45, 2.75) is 71.3 Å². The summed E-state index contributed by atoms with van der Waals surface area (Å²) in [4.78, 5) is 0. The molecule has 0 aromatic heterocycles. The van der Waals surface area contributed by atoms with E-state index in [1.807, 2.05) is 0 Å². The van der Waals surface area contributed by atoms with Gasteiger partial charge in [0, 0.05) is 5.54 Å². The molecule has 1 heteroatoms. The highest BCUT2D eigenvalue weighted by Gasteiger charge is 2.30. The molecule has 2 rings (SSSR count). The quantitative estimate of drug-likeness (QED) is 0.840. The van der Waals surface area contributed by atoms with Gasteiger partial charge in [-0.15, -0.1) is 0 Å². The first kappa shape index (κ1) is 14.6. The third-order valence-corrected chi connectivity index (χ3v) is 4.35. The van der Waals surface area contributed by atoms with E-state index in [2.05, 4.69) is 52.0 Å². The van der Waals surface area contributed by atoms with Crippen LogP contribution in [0, 0.1) is 5.41 Å². The van der Waals surface area contributed by atoms with Crippen LogP contribution in [-0.4, -0.2) is 5.54 Å². The Hall–Kier alpha value is -0.820. The SMILES string of the molecule is CC(C)(N)Cc1ccccc1C1CCCC(C)(C)C1. The molecule has 0 aliphatic heterocycles. The highest BCUT2D eigenvalue weighted by molar-refractivity contribution is 5.32. The van der Waals surface area contributed by atoms with E-state index in [1.54, 1.807) is 5.56 Å². The molecule has 1 saturated carbocycles. The van der Waals surface area contributed by atoms with Gasteiger partial charge in [-0.25, -0.2) is 0 Å². The van der Waals surface area contributed by atoms with Crippen molar-refractivity contribution in [2.24, 2.45) is 11.1 Å². The van der Waals surface area contributed by atoms with Gasteiger partial charge in [0.05, 0.1) is 0 Å². The van der Waals surface area contributed by atoms with Crippen LogP contribution in [0.4, 0.5) is 0 Å². The average Bonchev–Trinajstić information content (AvgIpc) is 2.26. The van der Waals surface area contributed by atoms with Gasteiger partial charge in [-0.3, -0.25) is 0 Å². The van der Waals surface area contributed by atoms with E-state index in [-0.39, 0.29) is 5.54 Å². The molecule has 0 spiro atoms. The van der Waals surface area contributed by atoms with Crippen LogP contribution in [-0.2, 0) is 6.42 Å². The van der Waals surface area contributed by atoms with Gasteiger partial charge in [0.2, 0.25) is 0 Å². The van der Waals surface area contributed by atoms with Gasteiger partial charge >= 0.3 is 0 Å². The van der Waals surface area contributed by atoms with Crippen molar-refractivity contribution in [3.63, 3.8) is 0 Å². The topological polar surface area (TPSA) is 26.0 Å². The van der Waals surface area contributed by atoms with Crippen molar-refractivity contribution in [1.82, 2.24) is 0 Å². The summed E-state index contributed by atoms with van der Waals surface area (Å²) in [5.74, 6) is 0.724. The second-order valence-corrected chi connectivity index (χ2v) is 7.82. The van der Waals surface area contributed by atoms with E-state index < -0.39 is 0 Å². The Balaban J connectivity index is 2.24. The molecule has 1 aromatic rings. The minimum absolute atomic E-state index is 0.125. The molecule has 1 aliphatic rings. The van der Waals surface area contributed by atoms with Gasteiger partial charge in [0.15, 0.2) is 0 Å². The van der Waals surface area contributed by atoms with E-state index in [0.717, 1.165) is 12.3 Å². The Morgan fingerprint density at radius 2 is 1.95 bits per heavy atom. The third kappa shape index (κ3) is 4.07. The zero-order valence-corrected chi connectivity index (χ0v) is 13.0. The van der Waals surface area contributed by atoms with Crippen molar-refractivity contribution < 1.29 is 0 Å². The number of nitrogens with two attached hydrogens (primary N) is 1. The lowest BCUT2D eigenvalue weighted by Crippen LogP contribution is -2.35. The van der Waals surface area contributed by atoms with Crippen molar-refractivity contribution in [2.75, 3.05) is 0 Å². The van der Waals surface area contributed by atoms with Crippen molar-refractivity contribution in [3.8, 4) is 0 Å². The maximum atomic E-state index is 6.22. The summed E-state index contributed by atoms with van der Waals surface area (Å²) in [6.07, 6.45) is 6.35. The zero-order chi connectivity index (χ0) is 14.1. The van der Waals surface area contributed by atoms with E-state index in [1.165, 1.54) is 31.2 Å². The molecule has 2 N–H and O–H groups in total. The van der Waals surface area contributed by atoms with Crippen LogP contribution in [0.25, 0.3) is 0 Å². The van der Waals surface area contributed by atoms with Gasteiger partial charge in [-0.1, -0.05) is 44.5 Å². The van der Waals surface area contributed by atoms with Crippen molar-refractivity contribution >= 4 is 0 Å². The zero-order valence-electron chi connectivity index (χ0n) is 13.0. The molecule has 0 heterocycles. The fraction of sp³-hybridized carbons (Fsp3) is 0.667. The fourth-order valence-corrected chi connectivity index (χ4v) is 3.55. The minimum atomic E-state index is -0.125. The predicted octanol–water partition coefficient (Wildman–Crippen LogP) is 4.65. The molecule has 0 amide bonds. The molecule has 0 radical (unpaired) electrons. The smallest absolute Gasteiger partial charge is 0.0138 e. The monoisotopic (exact) mass is 259 g/mol. The maximum Gasteiger partial charge on any atom is 0.0138 e. The lowest BCUT2D eigenvalue weighted by atomic mass is 9.69. The first-order valence-corrected chi connectivity index (χ1v) is 7.64. The second-order valence-electron chi connectivity index (χ2n) is 7.82. The van der Waals surface area contributed by atoms with Crippen LogP contribution in [0.1, 0.15) is 70.4 Å². The molecular weight excluding hydrogens is 230 g/mol. The van der Waals surface area contributed by atoms with Gasteiger partial charge in [-0.2, -0.15) is 0 Å². The Labute approximate surface area is 118 Å². The lowest BCUT2D eigenvalue weighted by molar-refractivity contribution is 0.219. The first-order chi connectivity index (χ1) is 8.77. The Morgan fingerprint density at radius 3 is 2.58 bits per heavy atom. The summed E-state index contributed by atoms with van der Waals surface area (Å²) in [6, 6.07) is 8.93. The van der Waals surface area contributed by atoms with E-state index in [9.17, 15) is 0 Å². The normalized spacial score (nSPS) is 23.3. The number of hydrogen-bond acceptors (Lipinski definition) is 1. The molecule has 1 aromatic carbocycles. The number of benzene rings is 1. The van der Waals surface area contributed by atoms with E-state index >= 15 is 0 Å². The Kier molecular flexibility index (Phi) is 4.06. The molecule has 1 fully saturated rings. The maximum absolute atomic E-state index is 6.22. The van der Waals surface area contributed by atoms with E-state index in [0.29, 0.717) is 5.41 Å². The van der Waals surface area contributed by atoms with Crippen LogP contribution in [0.15, 0.2) is 24.3 Å². The van der Waals surface area contributed by atoms with Gasteiger partial charge in [-0.05, 0) is 62.0 Å². The number of rotatable bonds is 3. The molecule has 1 atom stereocenters. The van der Waals surface area contributed by atoms with Crippen LogP contribution in [0.2, 0.25) is 0 Å². The molecule has 1 aliphatic carbocycles. The van der Waals surface area contributed by atoms with Gasteiger partial charge < -0.3 is 5.73 Å². The predicted molar refractivity (Wildman–Crippen MR) is 83.4 cm³/mol. The second kappa shape index (κ2) is 5.28. The molecule has 1 unspecified atom stereocenters. The average molecular weight is 259 g/mol. The van der Waals surface area contributed by atoms with Crippen LogP contribution in [0.3, 0.4) is 0 Å². The summed E-state index contributed by atoms with van der Waals surface area (Å²) in [5, 5.41) is 0. The summed E-state index contributed by atoms with van der Waals surface area (Å²) >= 11 is 0. The molecule has 19 heavy (non-hydrogen) atoms. The molecule has 0 bridgehead atoms. The molecule has 0 saturated heterocycles. The van der Waals surface area contributed by atoms with E-state index in [4.69, 9.17) is 5.73 Å². The Bertz CT molecular complexity index is 426. The standard InChI is InChI=1S/C18H29N/c1-17(2)11-7-9-14(12-17)16-10-6-5-8-15(16)13-18(3,4)19/h5-6,8,10,14H,7,9,11-13,19H2,1-4H3. The minimum Gasteiger partial charge on any atom is -0.325 e. The van der Waals surface area contributed by atoms with Gasteiger partial charge in [0.1, 0.15) is 0 Å². The first-order valence-electron chi connectivity index (χ1n) is 7.64.